The molecule has 8 heteroatoms. The lowest BCUT2D eigenvalue weighted by Crippen LogP contribution is -2.55. The van der Waals surface area contributed by atoms with E-state index in [0.717, 1.165) is 10.4 Å². The van der Waals surface area contributed by atoms with Crippen LogP contribution in [0.4, 0.5) is 5.00 Å². The van der Waals surface area contributed by atoms with Crippen molar-refractivity contribution in [1.82, 2.24) is 15.3 Å². The molecule has 30 heavy (non-hydrogen) atoms. The third kappa shape index (κ3) is 3.57. The molecule has 0 unspecified atom stereocenters. The third-order valence-corrected chi connectivity index (χ3v) is 6.61. The summed E-state index contributed by atoms with van der Waals surface area (Å²) in [6.07, 6.45) is 2.09. The Morgan fingerprint density at radius 2 is 1.87 bits per heavy atom. The first-order chi connectivity index (χ1) is 14.1. The first-order valence-corrected chi connectivity index (χ1v) is 10.5. The molecule has 156 valence electrons. The van der Waals surface area contributed by atoms with Crippen LogP contribution in [0.25, 0.3) is 11.0 Å². The van der Waals surface area contributed by atoms with Crippen LogP contribution in [0.3, 0.4) is 0 Å². The van der Waals surface area contributed by atoms with Crippen LogP contribution in [-0.2, 0) is 16.7 Å². The van der Waals surface area contributed by atoms with Crippen molar-refractivity contribution in [2.45, 2.75) is 45.2 Å². The van der Waals surface area contributed by atoms with E-state index >= 15 is 0 Å². The van der Waals surface area contributed by atoms with Crippen LogP contribution >= 0.6 is 11.3 Å². The second kappa shape index (κ2) is 7.14. The number of carbonyl (C=O) groups excluding carboxylic acids is 2. The summed E-state index contributed by atoms with van der Waals surface area (Å²) in [5.74, 6) is -0.872. The highest BCUT2D eigenvalue weighted by molar-refractivity contribution is 7.17. The standard InChI is InChI=1S/C22H24N4O3S/c1-21(2)10-12-16(20(28)29-5)19(30-17(12)22(3,4)26-21)25-18(27)15-11-23-13-8-6-7-9-14(13)24-15/h6-9,11,26H,10H2,1-5H3,(H,25,27). The van der Waals surface area contributed by atoms with E-state index in [0.29, 0.717) is 28.0 Å². The molecular formula is C22H24N4O3S. The fraction of sp³-hybridized carbons (Fsp3) is 0.364. The van der Waals surface area contributed by atoms with E-state index in [1.54, 1.807) is 6.07 Å². The summed E-state index contributed by atoms with van der Waals surface area (Å²) in [5.41, 5.74) is 2.32. The van der Waals surface area contributed by atoms with E-state index in [4.69, 9.17) is 4.74 Å². The van der Waals surface area contributed by atoms with Gasteiger partial charge in [0, 0.05) is 16.0 Å². The molecule has 0 saturated carbocycles. The summed E-state index contributed by atoms with van der Waals surface area (Å²) in [7, 11) is 1.35. The summed E-state index contributed by atoms with van der Waals surface area (Å²) in [6, 6.07) is 7.35. The van der Waals surface area contributed by atoms with Crippen molar-refractivity contribution in [2.75, 3.05) is 12.4 Å². The number of thiophene rings is 1. The Kier molecular flexibility index (Phi) is 4.86. The van der Waals surface area contributed by atoms with Gasteiger partial charge in [-0.05, 0) is 51.8 Å². The maximum atomic E-state index is 12.9. The van der Waals surface area contributed by atoms with Crippen LogP contribution < -0.4 is 10.6 Å². The molecule has 0 spiro atoms. The topological polar surface area (TPSA) is 93.2 Å². The summed E-state index contributed by atoms with van der Waals surface area (Å²) in [4.78, 5) is 35.3. The number of hydrogen-bond donors (Lipinski definition) is 2. The average Bonchev–Trinajstić information content (AvgIpc) is 3.04. The Balaban J connectivity index is 1.76. The second-order valence-corrected chi connectivity index (χ2v) is 9.63. The Hall–Kier alpha value is -2.84. The van der Waals surface area contributed by atoms with E-state index in [-0.39, 0.29) is 16.8 Å². The number of amides is 1. The average molecular weight is 425 g/mol. The lowest BCUT2D eigenvalue weighted by atomic mass is 9.81. The van der Waals surface area contributed by atoms with Gasteiger partial charge in [0.1, 0.15) is 10.7 Å². The van der Waals surface area contributed by atoms with E-state index < -0.39 is 11.9 Å². The van der Waals surface area contributed by atoms with Crippen LogP contribution in [-0.4, -0.2) is 34.5 Å². The minimum Gasteiger partial charge on any atom is -0.465 e. The molecule has 1 aliphatic heterocycles. The molecule has 0 bridgehead atoms. The molecule has 2 aromatic heterocycles. The summed E-state index contributed by atoms with van der Waals surface area (Å²) in [5, 5.41) is 6.96. The zero-order valence-electron chi connectivity index (χ0n) is 17.6. The van der Waals surface area contributed by atoms with Crippen molar-refractivity contribution < 1.29 is 14.3 Å². The molecule has 4 rings (SSSR count). The maximum absolute atomic E-state index is 12.9. The van der Waals surface area contributed by atoms with Gasteiger partial charge in [-0.3, -0.25) is 9.78 Å². The number of fused-ring (bicyclic) bond motifs is 2. The largest absolute Gasteiger partial charge is 0.465 e. The van der Waals surface area contributed by atoms with Crippen molar-refractivity contribution >= 4 is 39.2 Å². The van der Waals surface area contributed by atoms with Gasteiger partial charge >= 0.3 is 5.97 Å². The smallest absolute Gasteiger partial charge is 0.341 e. The van der Waals surface area contributed by atoms with Gasteiger partial charge in [-0.1, -0.05) is 12.1 Å². The molecule has 2 N–H and O–H groups in total. The normalized spacial score (nSPS) is 16.7. The number of ether oxygens (including phenoxy) is 1. The number of anilines is 1. The number of nitrogens with zero attached hydrogens (tertiary/aromatic N) is 2. The number of carbonyl (C=O) groups is 2. The summed E-state index contributed by atoms with van der Waals surface area (Å²) < 4.78 is 5.05. The molecule has 0 saturated heterocycles. The van der Waals surface area contributed by atoms with Crippen LogP contribution in [0.5, 0.6) is 0 Å². The molecule has 1 aromatic carbocycles. The quantitative estimate of drug-likeness (QED) is 0.620. The molecule has 0 fully saturated rings. The van der Waals surface area contributed by atoms with Crippen molar-refractivity contribution in [3.63, 3.8) is 0 Å². The minimum atomic E-state index is -0.458. The van der Waals surface area contributed by atoms with Gasteiger partial charge in [-0.2, -0.15) is 0 Å². The van der Waals surface area contributed by atoms with E-state index in [9.17, 15) is 9.59 Å². The molecule has 0 aliphatic carbocycles. The van der Waals surface area contributed by atoms with Gasteiger partial charge in [0.05, 0.1) is 29.9 Å². The molecule has 3 aromatic rings. The van der Waals surface area contributed by atoms with Crippen LogP contribution in [0.1, 0.15) is 59.0 Å². The maximum Gasteiger partial charge on any atom is 0.341 e. The zero-order valence-corrected chi connectivity index (χ0v) is 18.4. The summed E-state index contributed by atoms with van der Waals surface area (Å²) >= 11 is 1.40. The minimum absolute atomic E-state index is 0.189. The van der Waals surface area contributed by atoms with Gasteiger partial charge in [0.15, 0.2) is 0 Å². The number of methoxy groups -OCH3 is 1. The van der Waals surface area contributed by atoms with Gasteiger partial charge in [0.2, 0.25) is 0 Å². The molecule has 0 radical (unpaired) electrons. The Morgan fingerprint density at radius 3 is 2.57 bits per heavy atom. The van der Waals surface area contributed by atoms with E-state index in [2.05, 4.69) is 48.3 Å². The Morgan fingerprint density at radius 1 is 1.17 bits per heavy atom. The number of aromatic nitrogens is 2. The molecule has 1 aliphatic rings. The Bertz CT molecular complexity index is 1170. The van der Waals surface area contributed by atoms with Gasteiger partial charge in [-0.15, -0.1) is 11.3 Å². The predicted molar refractivity (Wildman–Crippen MR) is 117 cm³/mol. The van der Waals surface area contributed by atoms with Crippen LogP contribution in [0, 0.1) is 0 Å². The first kappa shape index (κ1) is 20.4. The fourth-order valence-electron chi connectivity index (χ4n) is 4.17. The van der Waals surface area contributed by atoms with Gasteiger partial charge in [-0.25, -0.2) is 9.78 Å². The SMILES string of the molecule is COC(=O)c1c(NC(=O)c2cnc3ccccc3n2)sc2c1CC(C)(C)NC2(C)C. The number of nitrogens with one attached hydrogen (secondary N) is 2. The van der Waals surface area contributed by atoms with Crippen molar-refractivity contribution in [1.29, 1.82) is 0 Å². The zero-order chi connectivity index (χ0) is 21.7. The third-order valence-electron chi connectivity index (χ3n) is 5.14. The van der Waals surface area contributed by atoms with Crippen molar-refractivity contribution in [3.8, 4) is 0 Å². The molecular weight excluding hydrogens is 400 g/mol. The van der Waals surface area contributed by atoms with Crippen molar-refractivity contribution in [3.05, 3.63) is 52.2 Å². The lowest BCUT2D eigenvalue weighted by molar-refractivity contribution is 0.0600. The van der Waals surface area contributed by atoms with E-state index in [1.165, 1.54) is 24.6 Å². The highest BCUT2D eigenvalue weighted by atomic mass is 32.1. The number of benzene rings is 1. The first-order valence-electron chi connectivity index (χ1n) is 9.68. The fourth-order valence-corrected chi connectivity index (χ4v) is 5.43. The lowest BCUT2D eigenvalue weighted by Gasteiger charge is -2.42. The van der Waals surface area contributed by atoms with E-state index in [1.807, 2.05) is 18.2 Å². The number of para-hydroxylation sites is 2. The second-order valence-electron chi connectivity index (χ2n) is 8.61. The number of hydrogen-bond acceptors (Lipinski definition) is 7. The molecule has 7 nitrogen and oxygen atoms in total. The Labute approximate surface area is 178 Å². The van der Waals surface area contributed by atoms with Gasteiger partial charge < -0.3 is 15.4 Å². The van der Waals surface area contributed by atoms with Gasteiger partial charge in [0.25, 0.3) is 5.91 Å². The van der Waals surface area contributed by atoms with Crippen LogP contribution in [0.15, 0.2) is 30.5 Å². The highest BCUT2D eigenvalue weighted by Gasteiger charge is 2.42. The van der Waals surface area contributed by atoms with Crippen molar-refractivity contribution in [2.24, 2.45) is 0 Å². The molecule has 1 amide bonds. The predicted octanol–water partition coefficient (Wildman–Crippen LogP) is 3.89. The number of rotatable bonds is 3. The van der Waals surface area contributed by atoms with Crippen LogP contribution in [0.2, 0.25) is 0 Å². The molecule has 0 atom stereocenters. The molecule has 3 heterocycles. The highest BCUT2D eigenvalue weighted by Crippen LogP contribution is 2.45. The number of esters is 1. The monoisotopic (exact) mass is 424 g/mol. The summed E-state index contributed by atoms with van der Waals surface area (Å²) in [6.45, 7) is 8.34.